The number of hydrogen-bond acceptors (Lipinski definition) is 6. The Kier molecular flexibility index (Phi) is 6.96. The molecular weight excluding hydrogens is 474 g/mol. The van der Waals surface area contributed by atoms with Gasteiger partial charge in [-0.15, -0.1) is 11.3 Å². The summed E-state index contributed by atoms with van der Waals surface area (Å²) >= 11 is 4.95. The number of hydrazone groups is 1. The lowest BCUT2D eigenvalue weighted by atomic mass is 10.2. The number of nitrogens with zero attached hydrogens (tertiary/aromatic N) is 2. The molecule has 0 atom stereocenters. The van der Waals surface area contributed by atoms with E-state index in [0.29, 0.717) is 18.1 Å². The van der Waals surface area contributed by atoms with Gasteiger partial charge in [-0.3, -0.25) is 5.43 Å². The number of thiazole rings is 1. The van der Waals surface area contributed by atoms with Gasteiger partial charge < -0.3 is 9.47 Å². The molecule has 0 bridgehead atoms. The first-order valence-electron chi connectivity index (χ1n) is 9.57. The molecule has 0 saturated heterocycles. The third-order valence-electron chi connectivity index (χ3n) is 4.46. The van der Waals surface area contributed by atoms with E-state index in [1.165, 1.54) is 11.3 Å². The van der Waals surface area contributed by atoms with Gasteiger partial charge in [0.25, 0.3) is 0 Å². The molecule has 0 unspecified atom stereocenters. The summed E-state index contributed by atoms with van der Waals surface area (Å²) in [5.41, 5.74) is 6.87. The highest BCUT2D eigenvalue weighted by atomic mass is 79.9. The summed E-state index contributed by atoms with van der Waals surface area (Å²) in [6, 6.07) is 23.8. The summed E-state index contributed by atoms with van der Waals surface area (Å²) < 4.78 is 12.6. The molecule has 0 radical (unpaired) electrons. The van der Waals surface area contributed by atoms with Gasteiger partial charge in [0.05, 0.1) is 19.0 Å². The molecule has 0 spiro atoms. The lowest BCUT2D eigenvalue weighted by Crippen LogP contribution is -2.01. The number of hydrogen-bond donors (Lipinski definition) is 1. The Morgan fingerprint density at radius 3 is 2.61 bits per heavy atom. The Balaban J connectivity index is 1.47. The first-order valence-corrected chi connectivity index (χ1v) is 11.2. The average Bonchev–Trinajstić information content (AvgIpc) is 3.28. The van der Waals surface area contributed by atoms with Crippen molar-refractivity contribution < 1.29 is 9.47 Å². The Bertz CT molecular complexity index is 1160. The van der Waals surface area contributed by atoms with E-state index in [1.807, 2.05) is 78.2 Å². The van der Waals surface area contributed by atoms with E-state index >= 15 is 0 Å². The van der Waals surface area contributed by atoms with Crippen molar-refractivity contribution in [3.8, 4) is 22.8 Å². The van der Waals surface area contributed by atoms with Crippen molar-refractivity contribution in [1.29, 1.82) is 0 Å². The molecule has 0 aliphatic rings. The highest BCUT2D eigenvalue weighted by Gasteiger charge is 2.10. The molecule has 4 rings (SSSR count). The molecule has 5 nitrogen and oxygen atoms in total. The maximum Gasteiger partial charge on any atom is 0.203 e. The first-order chi connectivity index (χ1) is 15.2. The monoisotopic (exact) mass is 493 g/mol. The Morgan fingerprint density at radius 1 is 1.03 bits per heavy atom. The first kappa shape index (κ1) is 21.1. The van der Waals surface area contributed by atoms with Crippen LogP contribution in [-0.2, 0) is 6.61 Å². The quantitative estimate of drug-likeness (QED) is 0.221. The zero-order valence-corrected chi connectivity index (χ0v) is 19.2. The smallest absolute Gasteiger partial charge is 0.203 e. The lowest BCUT2D eigenvalue weighted by molar-refractivity contribution is 0.284. The van der Waals surface area contributed by atoms with Crippen molar-refractivity contribution >= 4 is 38.6 Å². The highest BCUT2D eigenvalue weighted by molar-refractivity contribution is 9.10. The minimum absolute atomic E-state index is 0.425. The highest BCUT2D eigenvalue weighted by Crippen LogP contribution is 2.31. The Morgan fingerprint density at radius 2 is 1.84 bits per heavy atom. The van der Waals surface area contributed by atoms with Crippen LogP contribution in [0.25, 0.3) is 11.3 Å². The van der Waals surface area contributed by atoms with Crippen LogP contribution in [-0.4, -0.2) is 18.3 Å². The molecule has 0 amide bonds. The molecule has 1 N–H and O–H groups in total. The SMILES string of the molecule is COc1cccc(C=NNc2nc(-c3ccccc3)cs2)c1OCc1ccc(Br)cc1. The summed E-state index contributed by atoms with van der Waals surface area (Å²) in [7, 11) is 1.63. The number of anilines is 1. The molecular formula is C24H20BrN3O2S. The van der Waals surface area contributed by atoms with E-state index in [9.17, 15) is 0 Å². The molecule has 3 aromatic carbocycles. The van der Waals surface area contributed by atoms with Crippen molar-refractivity contribution in [3.63, 3.8) is 0 Å². The second-order valence-corrected chi connectivity index (χ2v) is 8.34. The maximum atomic E-state index is 6.08. The van der Waals surface area contributed by atoms with Crippen LogP contribution >= 0.6 is 27.3 Å². The average molecular weight is 494 g/mol. The van der Waals surface area contributed by atoms with Crippen molar-refractivity contribution in [2.75, 3.05) is 12.5 Å². The van der Waals surface area contributed by atoms with Gasteiger partial charge in [0.15, 0.2) is 11.5 Å². The van der Waals surface area contributed by atoms with Crippen molar-refractivity contribution in [3.05, 3.63) is 93.8 Å². The van der Waals surface area contributed by atoms with Crippen LogP contribution in [0.15, 0.2) is 87.8 Å². The van der Waals surface area contributed by atoms with E-state index in [2.05, 4.69) is 31.4 Å². The number of benzene rings is 3. The second-order valence-electron chi connectivity index (χ2n) is 6.57. The molecule has 31 heavy (non-hydrogen) atoms. The molecule has 0 saturated carbocycles. The van der Waals surface area contributed by atoms with E-state index in [4.69, 9.17) is 9.47 Å². The van der Waals surface area contributed by atoms with Gasteiger partial charge in [-0.05, 0) is 29.8 Å². The van der Waals surface area contributed by atoms with Crippen molar-refractivity contribution in [1.82, 2.24) is 4.98 Å². The minimum atomic E-state index is 0.425. The Labute approximate surface area is 193 Å². The third kappa shape index (κ3) is 5.51. The van der Waals surface area contributed by atoms with Gasteiger partial charge in [0, 0.05) is 21.0 Å². The topological polar surface area (TPSA) is 55.7 Å². The summed E-state index contributed by atoms with van der Waals surface area (Å²) in [6.45, 7) is 0.425. The normalized spacial score (nSPS) is 10.9. The summed E-state index contributed by atoms with van der Waals surface area (Å²) in [6.07, 6.45) is 1.71. The van der Waals surface area contributed by atoms with Crippen LogP contribution in [0.4, 0.5) is 5.13 Å². The largest absolute Gasteiger partial charge is 0.493 e. The fraction of sp³-hybridized carbons (Fsp3) is 0.0833. The van der Waals surface area contributed by atoms with Gasteiger partial charge >= 0.3 is 0 Å². The predicted molar refractivity (Wildman–Crippen MR) is 130 cm³/mol. The number of para-hydroxylation sites is 1. The fourth-order valence-electron chi connectivity index (χ4n) is 2.91. The van der Waals surface area contributed by atoms with Crippen molar-refractivity contribution in [2.45, 2.75) is 6.61 Å². The van der Waals surface area contributed by atoms with E-state index < -0.39 is 0 Å². The van der Waals surface area contributed by atoms with Gasteiger partial charge in [0.1, 0.15) is 6.61 Å². The predicted octanol–water partition coefficient (Wildman–Crippen LogP) is 6.61. The third-order valence-corrected chi connectivity index (χ3v) is 5.74. The summed E-state index contributed by atoms with van der Waals surface area (Å²) in [5.74, 6) is 1.30. The number of methoxy groups -OCH3 is 1. The van der Waals surface area contributed by atoms with E-state index in [1.54, 1.807) is 13.3 Å². The standard InChI is InChI=1S/C24H20BrN3O2S/c1-29-22-9-5-8-19(23(22)30-15-17-10-12-20(25)13-11-17)14-26-28-24-27-21(16-31-24)18-6-3-2-4-7-18/h2-14,16H,15H2,1H3,(H,27,28). The molecule has 0 fully saturated rings. The minimum Gasteiger partial charge on any atom is -0.493 e. The number of halogens is 1. The molecule has 0 aliphatic heterocycles. The maximum absolute atomic E-state index is 6.08. The number of nitrogens with one attached hydrogen (secondary N) is 1. The van der Waals surface area contributed by atoms with Gasteiger partial charge in [-0.1, -0.05) is 64.5 Å². The molecule has 1 heterocycles. The molecule has 0 aliphatic carbocycles. The van der Waals surface area contributed by atoms with Crippen molar-refractivity contribution in [2.24, 2.45) is 5.10 Å². The number of rotatable bonds is 8. The molecule has 4 aromatic rings. The zero-order chi connectivity index (χ0) is 21.5. The lowest BCUT2D eigenvalue weighted by Gasteiger charge is -2.13. The van der Waals surface area contributed by atoms with Crippen LogP contribution in [0.2, 0.25) is 0 Å². The zero-order valence-electron chi connectivity index (χ0n) is 16.8. The summed E-state index contributed by atoms with van der Waals surface area (Å²) in [4.78, 5) is 4.58. The molecule has 7 heteroatoms. The van der Waals surface area contributed by atoms with Gasteiger partial charge in [-0.2, -0.15) is 5.10 Å². The van der Waals surface area contributed by atoms with Crippen LogP contribution in [0.3, 0.4) is 0 Å². The van der Waals surface area contributed by atoms with E-state index in [0.717, 1.165) is 32.0 Å². The Hall–Kier alpha value is -3.16. The van der Waals surface area contributed by atoms with Crippen LogP contribution < -0.4 is 14.9 Å². The van der Waals surface area contributed by atoms with Gasteiger partial charge in [-0.25, -0.2) is 4.98 Å². The number of aromatic nitrogens is 1. The second kappa shape index (κ2) is 10.2. The van der Waals surface area contributed by atoms with Crippen LogP contribution in [0, 0.1) is 0 Å². The van der Waals surface area contributed by atoms with E-state index in [-0.39, 0.29) is 0 Å². The fourth-order valence-corrected chi connectivity index (χ4v) is 3.84. The number of ether oxygens (including phenoxy) is 2. The molecule has 156 valence electrons. The van der Waals surface area contributed by atoms with Crippen LogP contribution in [0.1, 0.15) is 11.1 Å². The van der Waals surface area contributed by atoms with Crippen LogP contribution in [0.5, 0.6) is 11.5 Å². The van der Waals surface area contributed by atoms with Gasteiger partial charge in [0.2, 0.25) is 5.13 Å². The summed E-state index contributed by atoms with van der Waals surface area (Å²) in [5, 5.41) is 7.08. The molecule has 1 aromatic heterocycles.